The largest absolute Gasteiger partial charge is 0.493 e. The minimum Gasteiger partial charge on any atom is -0.493 e. The number of quaternary nitrogens is 1. The molecule has 0 aliphatic rings. The van der Waals surface area contributed by atoms with Crippen molar-refractivity contribution in [3.8, 4) is 23.0 Å². The monoisotopic (exact) mass is 403 g/mol. The molecule has 0 aromatic heterocycles. The zero-order chi connectivity index (χ0) is 21.6. The first-order chi connectivity index (χ1) is 13.8. The third-order valence-electron chi connectivity index (χ3n) is 5.09. The summed E-state index contributed by atoms with van der Waals surface area (Å²) >= 11 is 0. The van der Waals surface area contributed by atoms with Gasteiger partial charge in [-0.3, -0.25) is 4.79 Å². The molecule has 0 spiro atoms. The lowest BCUT2D eigenvalue weighted by Gasteiger charge is -2.23. The molecular formula is C22H31N2O5+. The van der Waals surface area contributed by atoms with Crippen molar-refractivity contribution in [1.82, 2.24) is 0 Å². The van der Waals surface area contributed by atoms with E-state index in [0.717, 1.165) is 16.0 Å². The molecule has 158 valence electrons. The number of carbonyl (C=O) groups excluding carboxylic acids is 1. The Hall–Kier alpha value is -2.93. The molecule has 0 saturated carbocycles. The Morgan fingerprint density at radius 1 is 0.931 bits per heavy atom. The fourth-order valence-electron chi connectivity index (χ4n) is 3.05. The summed E-state index contributed by atoms with van der Waals surface area (Å²) in [5.74, 6) is 2.49. The first-order valence-electron chi connectivity index (χ1n) is 9.41. The number of aryl methyl sites for hydroxylation is 1. The van der Waals surface area contributed by atoms with Crippen LogP contribution in [0, 0.1) is 6.92 Å². The van der Waals surface area contributed by atoms with Crippen molar-refractivity contribution in [1.29, 1.82) is 0 Å². The van der Waals surface area contributed by atoms with Crippen molar-refractivity contribution in [3.63, 3.8) is 0 Å². The lowest BCUT2D eigenvalue weighted by molar-refractivity contribution is -0.907. The van der Waals surface area contributed by atoms with Gasteiger partial charge in [0.15, 0.2) is 29.0 Å². The maximum absolute atomic E-state index is 12.8. The van der Waals surface area contributed by atoms with Crippen molar-refractivity contribution in [2.75, 3.05) is 40.8 Å². The van der Waals surface area contributed by atoms with Gasteiger partial charge in [-0.15, -0.1) is 0 Å². The molecule has 2 rings (SSSR count). The molecule has 1 amide bonds. The normalized spacial score (nSPS) is 12.7. The van der Waals surface area contributed by atoms with E-state index in [4.69, 9.17) is 18.9 Å². The average molecular weight is 403 g/mol. The van der Waals surface area contributed by atoms with E-state index in [-0.39, 0.29) is 11.9 Å². The lowest BCUT2D eigenvalue weighted by Crippen LogP contribution is -3.12. The summed E-state index contributed by atoms with van der Waals surface area (Å²) < 4.78 is 21.3. The van der Waals surface area contributed by atoms with E-state index in [1.165, 1.54) is 0 Å². The standard InChI is InChI=1S/C22H30N2O5/c1-14-10-19(27-5)20(28-6)11-16(14)13-24(3)15(2)22(25)23-17-8-9-18(26-4)21(12-17)29-7/h8-12,15H,13H2,1-7H3,(H,23,25)/p+1/t15-/m1/s1. The Morgan fingerprint density at radius 2 is 1.48 bits per heavy atom. The van der Waals surface area contributed by atoms with E-state index >= 15 is 0 Å². The fourth-order valence-corrected chi connectivity index (χ4v) is 3.05. The molecule has 0 fully saturated rings. The molecule has 2 N–H and O–H groups in total. The van der Waals surface area contributed by atoms with E-state index < -0.39 is 0 Å². The van der Waals surface area contributed by atoms with Crippen LogP contribution < -0.4 is 29.2 Å². The summed E-state index contributed by atoms with van der Waals surface area (Å²) in [6, 6.07) is 8.96. The Kier molecular flexibility index (Phi) is 7.73. The second kappa shape index (κ2) is 10.0. The Balaban J connectivity index is 2.10. The van der Waals surface area contributed by atoms with Crippen LogP contribution in [0.4, 0.5) is 5.69 Å². The van der Waals surface area contributed by atoms with E-state index in [2.05, 4.69) is 5.32 Å². The van der Waals surface area contributed by atoms with Crippen LogP contribution in [0.5, 0.6) is 23.0 Å². The van der Waals surface area contributed by atoms with Crippen LogP contribution in [0.15, 0.2) is 30.3 Å². The fraction of sp³-hybridized carbons (Fsp3) is 0.409. The molecule has 0 saturated heterocycles. The number of amides is 1. The molecule has 1 unspecified atom stereocenters. The minimum absolute atomic E-state index is 0.0761. The minimum atomic E-state index is -0.268. The molecular weight excluding hydrogens is 372 g/mol. The number of ether oxygens (including phenoxy) is 4. The van der Waals surface area contributed by atoms with Gasteiger partial charge in [0, 0.05) is 17.3 Å². The van der Waals surface area contributed by atoms with Crippen LogP contribution in [-0.2, 0) is 11.3 Å². The number of benzene rings is 2. The number of methoxy groups -OCH3 is 4. The van der Waals surface area contributed by atoms with Crippen molar-refractivity contribution in [2.45, 2.75) is 26.4 Å². The summed E-state index contributed by atoms with van der Waals surface area (Å²) in [6.45, 7) is 4.60. The van der Waals surface area contributed by atoms with Crippen molar-refractivity contribution in [3.05, 3.63) is 41.5 Å². The molecule has 7 heteroatoms. The quantitative estimate of drug-likeness (QED) is 0.671. The predicted molar refractivity (Wildman–Crippen MR) is 113 cm³/mol. The Labute approximate surface area is 172 Å². The molecule has 0 radical (unpaired) electrons. The molecule has 2 aromatic carbocycles. The predicted octanol–water partition coefficient (Wildman–Crippen LogP) is 2.07. The number of hydrogen-bond acceptors (Lipinski definition) is 5. The molecule has 7 nitrogen and oxygen atoms in total. The molecule has 0 bridgehead atoms. The van der Waals surface area contributed by atoms with Crippen LogP contribution in [0.2, 0.25) is 0 Å². The molecule has 0 aliphatic carbocycles. The van der Waals surface area contributed by atoms with E-state index in [1.807, 2.05) is 33.0 Å². The van der Waals surface area contributed by atoms with Gasteiger partial charge in [-0.25, -0.2) is 0 Å². The van der Waals surface area contributed by atoms with Crippen LogP contribution in [0.1, 0.15) is 18.1 Å². The summed E-state index contributed by atoms with van der Waals surface area (Å²) in [5.41, 5.74) is 2.86. The highest BCUT2D eigenvalue weighted by Crippen LogP contribution is 2.30. The Morgan fingerprint density at radius 3 is 2.07 bits per heavy atom. The molecule has 0 heterocycles. The van der Waals surface area contributed by atoms with Crippen LogP contribution in [0.25, 0.3) is 0 Å². The molecule has 2 aromatic rings. The van der Waals surface area contributed by atoms with E-state index in [0.29, 0.717) is 35.2 Å². The van der Waals surface area contributed by atoms with Gasteiger partial charge in [-0.1, -0.05) is 0 Å². The smallest absolute Gasteiger partial charge is 0.282 e. The summed E-state index contributed by atoms with van der Waals surface area (Å²) in [4.78, 5) is 13.8. The Bertz CT molecular complexity index is 853. The van der Waals surface area contributed by atoms with Crippen LogP contribution in [-0.4, -0.2) is 47.4 Å². The average Bonchev–Trinajstić information content (AvgIpc) is 2.73. The van der Waals surface area contributed by atoms with Crippen molar-refractivity contribution >= 4 is 11.6 Å². The number of nitrogens with one attached hydrogen (secondary N) is 2. The van der Waals surface area contributed by atoms with E-state index in [1.54, 1.807) is 46.6 Å². The molecule has 0 aliphatic heterocycles. The van der Waals surface area contributed by atoms with Gasteiger partial charge in [0.25, 0.3) is 5.91 Å². The van der Waals surface area contributed by atoms with Gasteiger partial charge in [0.05, 0.1) is 35.5 Å². The zero-order valence-electron chi connectivity index (χ0n) is 18.2. The number of anilines is 1. The second-order valence-electron chi connectivity index (χ2n) is 6.94. The van der Waals surface area contributed by atoms with Gasteiger partial charge in [0.2, 0.25) is 0 Å². The highest BCUT2D eigenvalue weighted by molar-refractivity contribution is 5.93. The number of carbonyl (C=O) groups is 1. The van der Waals surface area contributed by atoms with Gasteiger partial charge in [-0.2, -0.15) is 0 Å². The molecule has 29 heavy (non-hydrogen) atoms. The third-order valence-corrected chi connectivity index (χ3v) is 5.09. The zero-order valence-corrected chi connectivity index (χ0v) is 18.2. The van der Waals surface area contributed by atoms with Gasteiger partial charge >= 0.3 is 0 Å². The topological polar surface area (TPSA) is 70.5 Å². The summed E-state index contributed by atoms with van der Waals surface area (Å²) in [6.07, 6.45) is 0. The maximum Gasteiger partial charge on any atom is 0.282 e. The first-order valence-corrected chi connectivity index (χ1v) is 9.41. The van der Waals surface area contributed by atoms with Crippen molar-refractivity contribution < 1.29 is 28.6 Å². The van der Waals surface area contributed by atoms with Gasteiger partial charge < -0.3 is 29.2 Å². The SMILES string of the molecule is COc1ccc(NC(=O)[C@@H](C)[NH+](C)Cc2cc(OC)c(OC)cc2C)cc1OC. The number of rotatable bonds is 9. The van der Waals surface area contributed by atoms with Crippen LogP contribution in [0.3, 0.4) is 0 Å². The maximum atomic E-state index is 12.8. The second-order valence-corrected chi connectivity index (χ2v) is 6.94. The van der Waals surface area contributed by atoms with E-state index in [9.17, 15) is 4.79 Å². The number of likely N-dealkylation sites (N-methyl/N-ethyl adjacent to an activating group) is 1. The van der Waals surface area contributed by atoms with Crippen LogP contribution >= 0.6 is 0 Å². The lowest BCUT2D eigenvalue weighted by atomic mass is 10.1. The number of hydrogen-bond donors (Lipinski definition) is 2. The van der Waals surface area contributed by atoms with Crippen molar-refractivity contribution in [2.24, 2.45) is 0 Å². The summed E-state index contributed by atoms with van der Waals surface area (Å²) in [5, 5.41) is 2.95. The summed E-state index contributed by atoms with van der Waals surface area (Å²) in [7, 11) is 8.37. The first kappa shape index (κ1) is 22.4. The van der Waals surface area contributed by atoms with Gasteiger partial charge in [0.1, 0.15) is 6.54 Å². The highest BCUT2D eigenvalue weighted by Gasteiger charge is 2.23. The molecule has 2 atom stereocenters. The van der Waals surface area contributed by atoms with Gasteiger partial charge in [-0.05, 0) is 43.7 Å². The highest BCUT2D eigenvalue weighted by atomic mass is 16.5. The third kappa shape index (κ3) is 5.32.